The zero-order valence-corrected chi connectivity index (χ0v) is 13.8. The van der Waals surface area contributed by atoms with E-state index < -0.39 is 10.0 Å². The molecule has 0 aliphatic carbocycles. The predicted molar refractivity (Wildman–Crippen MR) is 90.0 cm³/mol. The molecule has 1 heterocycles. The van der Waals surface area contributed by atoms with Crippen molar-refractivity contribution in [3.05, 3.63) is 54.1 Å². The highest BCUT2D eigenvalue weighted by atomic mass is 32.2. The lowest BCUT2D eigenvalue weighted by atomic mass is 10.1. The van der Waals surface area contributed by atoms with Crippen LogP contribution in [0.15, 0.2) is 53.4 Å². The molecule has 0 bridgehead atoms. The standard InChI is InChI=1S/C17H18N2O3S/c1-12-11-14-5-3-4-6-17(14)19(12)23(21,22)16-9-7-15(8-10-16)18-13(2)20/h3-10,12H,11H2,1-2H3,(H,18,20)/t12-/m0/s1. The molecule has 2 aromatic rings. The molecule has 23 heavy (non-hydrogen) atoms. The Hall–Kier alpha value is -2.34. The van der Waals surface area contributed by atoms with Crippen LogP contribution in [-0.2, 0) is 21.2 Å². The first-order valence-corrected chi connectivity index (χ1v) is 8.83. The smallest absolute Gasteiger partial charge is 0.264 e. The van der Waals surface area contributed by atoms with Gasteiger partial charge in [0.2, 0.25) is 5.91 Å². The molecule has 0 fully saturated rings. The summed E-state index contributed by atoms with van der Waals surface area (Å²) in [4.78, 5) is 11.3. The minimum absolute atomic E-state index is 0.118. The van der Waals surface area contributed by atoms with Crippen LogP contribution >= 0.6 is 0 Å². The quantitative estimate of drug-likeness (QED) is 0.941. The van der Waals surface area contributed by atoms with Gasteiger partial charge in [0.05, 0.1) is 10.6 Å². The molecule has 0 radical (unpaired) electrons. The molecule has 6 heteroatoms. The van der Waals surface area contributed by atoms with Crippen molar-refractivity contribution >= 4 is 27.3 Å². The lowest BCUT2D eigenvalue weighted by molar-refractivity contribution is -0.114. The molecule has 3 rings (SSSR count). The maximum atomic E-state index is 13.0. The first kappa shape index (κ1) is 15.6. The number of hydrogen-bond donors (Lipinski definition) is 1. The van der Waals surface area contributed by atoms with Crippen LogP contribution < -0.4 is 9.62 Å². The van der Waals surface area contributed by atoms with Crippen LogP contribution in [0, 0.1) is 0 Å². The molecule has 5 nitrogen and oxygen atoms in total. The van der Waals surface area contributed by atoms with E-state index >= 15 is 0 Å². The highest BCUT2D eigenvalue weighted by Crippen LogP contribution is 2.36. The van der Waals surface area contributed by atoms with E-state index in [4.69, 9.17) is 0 Å². The van der Waals surface area contributed by atoms with Gasteiger partial charge in [0.25, 0.3) is 10.0 Å². The average Bonchev–Trinajstić information content (AvgIpc) is 2.83. The molecule has 0 saturated carbocycles. The van der Waals surface area contributed by atoms with Gasteiger partial charge in [-0.2, -0.15) is 0 Å². The molecular weight excluding hydrogens is 312 g/mol. The van der Waals surface area contributed by atoms with Crippen molar-refractivity contribution < 1.29 is 13.2 Å². The summed E-state index contributed by atoms with van der Waals surface area (Å²) in [7, 11) is -3.63. The number of sulfonamides is 1. The van der Waals surface area contributed by atoms with Gasteiger partial charge in [-0.1, -0.05) is 18.2 Å². The van der Waals surface area contributed by atoms with Gasteiger partial charge in [-0.25, -0.2) is 8.42 Å². The third-order valence-corrected chi connectivity index (χ3v) is 5.82. The molecule has 0 aromatic heterocycles. The number of nitrogens with zero attached hydrogens (tertiary/aromatic N) is 1. The van der Waals surface area contributed by atoms with Gasteiger partial charge in [0.1, 0.15) is 0 Å². The second-order valence-electron chi connectivity index (χ2n) is 5.69. The van der Waals surface area contributed by atoms with Crippen LogP contribution in [0.1, 0.15) is 19.4 Å². The van der Waals surface area contributed by atoms with E-state index in [1.165, 1.54) is 23.4 Å². The third-order valence-electron chi connectivity index (χ3n) is 3.88. The first-order valence-electron chi connectivity index (χ1n) is 7.39. The average molecular weight is 330 g/mol. The molecule has 120 valence electrons. The zero-order valence-electron chi connectivity index (χ0n) is 13.0. The summed E-state index contributed by atoms with van der Waals surface area (Å²) in [6.07, 6.45) is 0.708. The molecule has 1 N–H and O–H groups in total. The van der Waals surface area contributed by atoms with Gasteiger partial charge in [-0.15, -0.1) is 0 Å². The van der Waals surface area contributed by atoms with Crippen molar-refractivity contribution in [1.82, 2.24) is 0 Å². The summed E-state index contributed by atoms with van der Waals surface area (Å²) in [5, 5.41) is 2.63. The summed E-state index contributed by atoms with van der Waals surface area (Å²) < 4.78 is 27.4. The highest BCUT2D eigenvalue weighted by molar-refractivity contribution is 7.92. The molecule has 0 unspecified atom stereocenters. The number of benzene rings is 2. The number of hydrogen-bond acceptors (Lipinski definition) is 3. The topological polar surface area (TPSA) is 66.5 Å². The lowest BCUT2D eigenvalue weighted by Crippen LogP contribution is -2.35. The number of fused-ring (bicyclic) bond motifs is 1. The van der Waals surface area contributed by atoms with Gasteiger partial charge in [0, 0.05) is 18.7 Å². The van der Waals surface area contributed by atoms with Crippen LogP contribution in [0.4, 0.5) is 11.4 Å². The fourth-order valence-corrected chi connectivity index (χ4v) is 4.62. The van der Waals surface area contributed by atoms with Gasteiger partial charge < -0.3 is 5.32 Å². The van der Waals surface area contributed by atoms with E-state index in [-0.39, 0.29) is 16.8 Å². The van der Waals surface area contributed by atoms with Gasteiger partial charge in [-0.05, 0) is 49.2 Å². The van der Waals surface area contributed by atoms with E-state index in [0.717, 1.165) is 11.3 Å². The van der Waals surface area contributed by atoms with E-state index in [2.05, 4.69) is 5.32 Å². The largest absolute Gasteiger partial charge is 0.326 e. The normalized spacial score (nSPS) is 17.0. The van der Waals surface area contributed by atoms with Gasteiger partial charge in [0.15, 0.2) is 0 Å². The molecule has 1 aliphatic heterocycles. The maximum Gasteiger partial charge on any atom is 0.264 e. The molecule has 0 saturated heterocycles. The summed E-state index contributed by atoms with van der Waals surface area (Å²) in [6.45, 7) is 3.32. The molecule has 1 aliphatic rings. The Kier molecular flexibility index (Phi) is 3.85. The van der Waals surface area contributed by atoms with Crippen LogP contribution in [0.3, 0.4) is 0 Å². The van der Waals surface area contributed by atoms with Crippen molar-refractivity contribution in [3.8, 4) is 0 Å². The minimum atomic E-state index is -3.63. The second kappa shape index (κ2) is 5.70. The van der Waals surface area contributed by atoms with Crippen LogP contribution in [0.2, 0.25) is 0 Å². The Morgan fingerprint density at radius 2 is 1.78 bits per heavy atom. The minimum Gasteiger partial charge on any atom is -0.326 e. The second-order valence-corrected chi connectivity index (χ2v) is 7.50. The number of para-hydroxylation sites is 1. The Bertz CT molecular complexity index is 844. The summed E-state index contributed by atoms with van der Waals surface area (Å²) in [5.74, 6) is -0.192. The third kappa shape index (κ3) is 2.82. The fraction of sp³-hybridized carbons (Fsp3) is 0.235. The fourth-order valence-electron chi connectivity index (χ4n) is 2.93. The van der Waals surface area contributed by atoms with Gasteiger partial charge >= 0.3 is 0 Å². The molecule has 0 spiro atoms. The molecule has 1 atom stereocenters. The van der Waals surface area contributed by atoms with Crippen molar-refractivity contribution in [2.24, 2.45) is 0 Å². The summed E-state index contributed by atoms with van der Waals surface area (Å²) in [6, 6.07) is 13.7. The first-order chi connectivity index (χ1) is 10.9. The SMILES string of the molecule is CC(=O)Nc1ccc(S(=O)(=O)N2c3ccccc3C[C@@H]2C)cc1. The monoisotopic (exact) mass is 330 g/mol. The summed E-state index contributed by atoms with van der Waals surface area (Å²) >= 11 is 0. The van der Waals surface area contributed by atoms with E-state index in [1.807, 2.05) is 31.2 Å². The van der Waals surface area contributed by atoms with Crippen LogP contribution in [0.25, 0.3) is 0 Å². The van der Waals surface area contributed by atoms with Crippen molar-refractivity contribution in [2.75, 3.05) is 9.62 Å². The maximum absolute atomic E-state index is 13.0. The number of rotatable bonds is 3. The number of amides is 1. The lowest BCUT2D eigenvalue weighted by Gasteiger charge is -2.24. The van der Waals surface area contributed by atoms with E-state index in [1.54, 1.807) is 12.1 Å². The molecule has 2 aromatic carbocycles. The zero-order chi connectivity index (χ0) is 16.6. The number of carbonyl (C=O) groups is 1. The van der Waals surface area contributed by atoms with Crippen LogP contribution in [-0.4, -0.2) is 20.4 Å². The van der Waals surface area contributed by atoms with Crippen molar-refractivity contribution in [2.45, 2.75) is 31.2 Å². The molecule has 1 amide bonds. The van der Waals surface area contributed by atoms with Crippen molar-refractivity contribution in [3.63, 3.8) is 0 Å². The number of nitrogens with one attached hydrogen (secondary N) is 1. The van der Waals surface area contributed by atoms with E-state index in [0.29, 0.717) is 12.1 Å². The van der Waals surface area contributed by atoms with Crippen molar-refractivity contribution in [1.29, 1.82) is 0 Å². The highest BCUT2D eigenvalue weighted by Gasteiger charge is 2.35. The Balaban J connectivity index is 1.97. The summed E-state index contributed by atoms with van der Waals surface area (Å²) in [5.41, 5.74) is 2.36. The Labute approximate surface area is 136 Å². The Morgan fingerprint density at radius 3 is 2.43 bits per heavy atom. The predicted octanol–water partition coefficient (Wildman–Crippen LogP) is 2.78. The van der Waals surface area contributed by atoms with Gasteiger partial charge in [-0.3, -0.25) is 9.10 Å². The molecular formula is C17H18N2O3S. The van der Waals surface area contributed by atoms with Crippen LogP contribution in [0.5, 0.6) is 0 Å². The number of carbonyl (C=O) groups excluding carboxylic acids is 1. The van der Waals surface area contributed by atoms with E-state index in [9.17, 15) is 13.2 Å². The Morgan fingerprint density at radius 1 is 1.13 bits per heavy atom. The number of anilines is 2.